The fourth-order valence-corrected chi connectivity index (χ4v) is 1.86. The molecular formula is C11H18O3. The van der Waals surface area contributed by atoms with Crippen molar-refractivity contribution in [3.8, 4) is 0 Å². The van der Waals surface area contributed by atoms with Crippen LogP contribution in [0.2, 0.25) is 0 Å². The Balaban J connectivity index is 2.46. The normalized spacial score (nSPS) is 32.5. The average Bonchev–Trinajstić information content (AvgIpc) is 2.18. The first-order valence-corrected chi connectivity index (χ1v) is 5.03. The first-order valence-electron chi connectivity index (χ1n) is 5.03. The highest BCUT2D eigenvalue weighted by Gasteiger charge is 2.28. The Hall–Kier alpha value is -0.670. The second kappa shape index (κ2) is 5.94. The molecule has 0 aliphatic carbocycles. The second-order valence-electron chi connectivity index (χ2n) is 3.64. The maximum Gasteiger partial charge on any atom is 0.122 e. The Morgan fingerprint density at radius 1 is 1.43 bits per heavy atom. The lowest BCUT2D eigenvalue weighted by Gasteiger charge is -2.33. The first kappa shape index (κ1) is 11.4. The molecule has 1 aliphatic rings. The second-order valence-corrected chi connectivity index (χ2v) is 3.64. The first-order chi connectivity index (χ1) is 6.80. The van der Waals surface area contributed by atoms with Crippen LogP contribution in [-0.2, 0) is 14.3 Å². The minimum Gasteiger partial charge on any atom is -0.381 e. The van der Waals surface area contributed by atoms with Crippen molar-refractivity contribution in [3.63, 3.8) is 0 Å². The van der Waals surface area contributed by atoms with Crippen molar-refractivity contribution in [2.24, 2.45) is 0 Å². The van der Waals surface area contributed by atoms with Gasteiger partial charge in [-0.05, 0) is 6.42 Å². The molecular weight excluding hydrogens is 180 g/mol. The molecule has 0 bridgehead atoms. The van der Waals surface area contributed by atoms with Gasteiger partial charge >= 0.3 is 0 Å². The van der Waals surface area contributed by atoms with Gasteiger partial charge in [-0.15, -0.1) is 6.58 Å². The summed E-state index contributed by atoms with van der Waals surface area (Å²) in [4.78, 5) is 10.4. The monoisotopic (exact) mass is 198 g/mol. The molecule has 1 aliphatic heterocycles. The molecule has 0 amide bonds. The SMILES string of the molecule is C=CC[C@@H]1C[C@H](OC)C[C@@H](CC=O)O1. The minimum absolute atomic E-state index is 0.0242. The van der Waals surface area contributed by atoms with Gasteiger partial charge in [0.2, 0.25) is 0 Å². The van der Waals surface area contributed by atoms with Crippen LogP contribution in [0.15, 0.2) is 12.7 Å². The zero-order chi connectivity index (χ0) is 10.4. The predicted octanol–water partition coefficient (Wildman–Crippen LogP) is 1.71. The molecule has 0 spiro atoms. The molecule has 0 aromatic rings. The summed E-state index contributed by atoms with van der Waals surface area (Å²) in [6.45, 7) is 3.69. The number of hydrogen-bond donors (Lipinski definition) is 0. The fourth-order valence-electron chi connectivity index (χ4n) is 1.86. The fraction of sp³-hybridized carbons (Fsp3) is 0.727. The van der Waals surface area contributed by atoms with Crippen LogP contribution in [0.5, 0.6) is 0 Å². The molecule has 1 rings (SSSR count). The molecule has 1 fully saturated rings. The van der Waals surface area contributed by atoms with E-state index in [2.05, 4.69) is 6.58 Å². The smallest absolute Gasteiger partial charge is 0.122 e. The van der Waals surface area contributed by atoms with Crippen molar-refractivity contribution in [1.82, 2.24) is 0 Å². The van der Waals surface area contributed by atoms with E-state index in [1.165, 1.54) is 0 Å². The third kappa shape index (κ3) is 3.24. The highest BCUT2D eigenvalue weighted by atomic mass is 16.5. The molecule has 0 radical (unpaired) electrons. The van der Waals surface area contributed by atoms with Crippen molar-refractivity contribution in [2.75, 3.05) is 7.11 Å². The summed E-state index contributed by atoms with van der Waals surface area (Å²) in [6.07, 6.45) is 6.18. The number of hydrogen-bond acceptors (Lipinski definition) is 3. The molecule has 3 atom stereocenters. The maximum absolute atomic E-state index is 10.4. The van der Waals surface area contributed by atoms with Gasteiger partial charge in [-0.1, -0.05) is 6.08 Å². The number of carbonyl (C=O) groups excluding carboxylic acids is 1. The Labute approximate surface area is 85.1 Å². The Morgan fingerprint density at radius 3 is 2.57 bits per heavy atom. The number of aldehydes is 1. The molecule has 0 unspecified atom stereocenters. The van der Waals surface area contributed by atoms with Gasteiger partial charge < -0.3 is 14.3 Å². The molecule has 3 nitrogen and oxygen atoms in total. The lowest BCUT2D eigenvalue weighted by Crippen LogP contribution is -2.36. The zero-order valence-corrected chi connectivity index (χ0v) is 8.65. The van der Waals surface area contributed by atoms with Gasteiger partial charge in [0.05, 0.1) is 18.3 Å². The van der Waals surface area contributed by atoms with E-state index in [9.17, 15) is 4.79 Å². The average molecular weight is 198 g/mol. The number of ether oxygens (including phenoxy) is 2. The summed E-state index contributed by atoms with van der Waals surface area (Å²) in [6, 6.07) is 0. The lowest BCUT2D eigenvalue weighted by atomic mass is 9.97. The third-order valence-electron chi connectivity index (χ3n) is 2.56. The van der Waals surface area contributed by atoms with Crippen LogP contribution >= 0.6 is 0 Å². The summed E-state index contributed by atoms with van der Waals surface area (Å²) in [5, 5.41) is 0. The molecule has 0 N–H and O–H groups in total. The summed E-state index contributed by atoms with van der Waals surface area (Å²) in [7, 11) is 1.71. The Bertz CT molecular complexity index is 173. The van der Waals surface area contributed by atoms with Crippen LogP contribution in [0.3, 0.4) is 0 Å². The van der Waals surface area contributed by atoms with Crippen molar-refractivity contribution in [2.45, 2.75) is 44.0 Å². The van der Waals surface area contributed by atoms with E-state index in [1.54, 1.807) is 7.11 Å². The van der Waals surface area contributed by atoms with E-state index in [0.717, 1.165) is 25.5 Å². The van der Waals surface area contributed by atoms with E-state index in [4.69, 9.17) is 9.47 Å². The van der Waals surface area contributed by atoms with Crippen LogP contribution in [-0.4, -0.2) is 31.7 Å². The van der Waals surface area contributed by atoms with Gasteiger partial charge in [0, 0.05) is 26.4 Å². The Kier molecular flexibility index (Phi) is 4.84. The number of carbonyl (C=O) groups is 1. The minimum atomic E-state index is 0.0242. The van der Waals surface area contributed by atoms with Gasteiger partial charge in [0.15, 0.2) is 0 Å². The molecule has 0 aromatic carbocycles. The standard InChI is InChI=1S/C11H18O3/c1-3-4-9-7-11(13-2)8-10(14-9)5-6-12/h3,6,9-11H,1,4-5,7-8H2,2H3/t9-,10-,11+/m1/s1. The maximum atomic E-state index is 10.4. The van der Waals surface area contributed by atoms with Crippen LogP contribution in [0.4, 0.5) is 0 Å². The number of methoxy groups -OCH3 is 1. The molecule has 0 saturated carbocycles. The van der Waals surface area contributed by atoms with E-state index in [1.807, 2.05) is 6.08 Å². The van der Waals surface area contributed by atoms with E-state index in [0.29, 0.717) is 6.42 Å². The van der Waals surface area contributed by atoms with E-state index < -0.39 is 0 Å². The molecule has 1 saturated heterocycles. The largest absolute Gasteiger partial charge is 0.381 e. The van der Waals surface area contributed by atoms with Crippen LogP contribution in [0.1, 0.15) is 25.7 Å². The molecule has 14 heavy (non-hydrogen) atoms. The summed E-state index contributed by atoms with van der Waals surface area (Å²) >= 11 is 0. The highest BCUT2D eigenvalue weighted by Crippen LogP contribution is 2.25. The third-order valence-corrected chi connectivity index (χ3v) is 2.56. The topological polar surface area (TPSA) is 35.5 Å². The van der Waals surface area contributed by atoms with Crippen LogP contribution in [0.25, 0.3) is 0 Å². The number of rotatable bonds is 5. The Morgan fingerprint density at radius 2 is 2.07 bits per heavy atom. The van der Waals surface area contributed by atoms with E-state index in [-0.39, 0.29) is 18.3 Å². The van der Waals surface area contributed by atoms with Crippen LogP contribution in [0, 0.1) is 0 Å². The van der Waals surface area contributed by atoms with Gasteiger partial charge in [-0.2, -0.15) is 0 Å². The highest BCUT2D eigenvalue weighted by molar-refractivity contribution is 5.50. The lowest BCUT2D eigenvalue weighted by molar-refractivity contribution is -0.123. The van der Waals surface area contributed by atoms with Gasteiger partial charge in [-0.3, -0.25) is 0 Å². The quantitative estimate of drug-likeness (QED) is 0.498. The predicted molar refractivity (Wildman–Crippen MR) is 54.2 cm³/mol. The molecule has 80 valence electrons. The van der Waals surface area contributed by atoms with Crippen molar-refractivity contribution in [1.29, 1.82) is 0 Å². The van der Waals surface area contributed by atoms with Gasteiger partial charge in [0.25, 0.3) is 0 Å². The molecule has 3 heteroatoms. The van der Waals surface area contributed by atoms with Gasteiger partial charge in [0.1, 0.15) is 6.29 Å². The summed E-state index contributed by atoms with van der Waals surface area (Å²) < 4.78 is 11.0. The van der Waals surface area contributed by atoms with Crippen molar-refractivity contribution < 1.29 is 14.3 Å². The van der Waals surface area contributed by atoms with Crippen molar-refractivity contribution >= 4 is 6.29 Å². The van der Waals surface area contributed by atoms with Crippen LogP contribution < -0.4 is 0 Å². The van der Waals surface area contributed by atoms with Gasteiger partial charge in [-0.25, -0.2) is 0 Å². The summed E-state index contributed by atoms with van der Waals surface area (Å²) in [5.41, 5.74) is 0. The van der Waals surface area contributed by atoms with E-state index >= 15 is 0 Å². The van der Waals surface area contributed by atoms with Crippen molar-refractivity contribution in [3.05, 3.63) is 12.7 Å². The zero-order valence-electron chi connectivity index (χ0n) is 8.65. The molecule has 0 aromatic heterocycles. The molecule has 1 heterocycles. The summed E-state index contributed by atoms with van der Waals surface area (Å²) in [5.74, 6) is 0.